The molecule has 1 N–H and O–H groups in total. The van der Waals surface area contributed by atoms with Crippen LogP contribution >= 0.6 is 0 Å². The Balaban J connectivity index is 1.74. The average Bonchev–Trinajstić information content (AvgIpc) is 2.93. The van der Waals surface area contributed by atoms with Gasteiger partial charge in [0, 0.05) is 12.8 Å². The Bertz CT molecular complexity index is 213. The number of ether oxygens (including phenoxy) is 3. The fourth-order valence-corrected chi connectivity index (χ4v) is 2.31. The lowest BCUT2D eigenvalue weighted by molar-refractivity contribution is -0.168. The predicted octanol–water partition coefficient (Wildman–Crippen LogP) is 1.46. The zero-order chi connectivity index (χ0) is 11.4. The molecule has 2 saturated heterocycles. The summed E-state index contributed by atoms with van der Waals surface area (Å²) >= 11 is 0. The van der Waals surface area contributed by atoms with E-state index in [1.807, 2.05) is 0 Å². The lowest BCUT2D eigenvalue weighted by atomic mass is 10.0. The van der Waals surface area contributed by atoms with E-state index in [9.17, 15) is 0 Å². The van der Waals surface area contributed by atoms with Gasteiger partial charge < -0.3 is 19.3 Å². The molecule has 0 amide bonds. The van der Waals surface area contributed by atoms with Crippen molar-refractivity contribution in [2.24, 2.45) is 0 Å². The molecule has 2 heterocycles. The van der Waals surface area contributed by atoms with E-state index in [1.54, 1.807) is 0 Å². The number of aliphatic hydroxyl groups is 1. The van der Waals surface area contributed by atoms with Crippen LogP contribution in [0.4, 0.5) is 0 Å². The first kappa shape index (κ1) is 12.3. The van der Waals surface area contributed by atoms with Crippen molar-refractivity contribution in [2.75, 3.05) is 19.8 Å². The topological polar surface area (TPSA) is 51.2 Å². The fourth-order valence-electron chi connectivity index (χ4n) is 2.31. The van der Waals surface area contributed by atoms with Gasteiger partial charge in [0.1, 0.15) is 6.10 Å². The minimum atomic E-state index is -0.359. The van der Waals surface area contributed by atoms with Crippen molar-refractivity contribution < 1.29 is 19.3 Å². The van der Waals surface area contributed by atoms with Gasteiger partial charge in [-0.2, -0.15) is 0 Å². The molecule has 16 heavy (non-hydrogen) atoms. The van der Waals surface area contributed by atoms with E-state index in [0.29, 0.717) is 13.2 Å². The lowest BCUT2D eigenvalue weighted by Crippen LogP contribution is -2.30. The molecule has 2 aliphatic heterocycles. The SMILES string of the molecule is CCCCC1(CC[C@H]2O[C@@H]2CO)OCCO1. The summed E-state index contributed by atoms with van der Waals surface area (Å²) in [5.74, 6) is -0.359. The van der Waals surface area contributed by atoms with E-state index in [2.05, 4.69) is 6.92 Å². The molecule has 2 atom stereocenters. The van der Waals surface area contributed by atoms with E-state index < -0.39 is 0 Å². The minimum absolute atomic E-state index is 0.0598. The van der Waals surface area contributed by atoms with E-state index in [1.165, 1.54) is 0 Å². The number of epoxide rings is 1. The van der Waals surface area contributed by atoms with Gasteiger partial charge in [-0.3, -0.25) is 0 Å². The molecule has 0 unspecified atom stereocenters. The monoisotopic (exact) mass is 230 g/mol. The largest absolute Gasteiger partial charge is 0.394 e. The Morgan fingerprint density at radius 1 is 1.19 bits per heavy atom. The van der Waals surface area contributed by atoms with Crippen LogP contribution in [0.3, 0.4) is 0 Å². The van der Waals surface area contributed by atoms with Gasteiger partial charge in [-0.1, -0.05) is 13.3 Å². The highest BCUT2D eigenvalue weighted by atomic mass is 16.7. The van der Waals surface area contributed by atoms with Crippen molar-refractivity contribution in [3.63, 3.8) is 0 Å². The molecule has 2 rings (SSSR count). The Labute approximate surface area is 96.9 Å². The van der Waals surface area contributed by atoms with Gasteiger partial charge in [0.25, 0.3) is 0 Å². The van der Waals surface area contributed by atoms with Crippen molar-refractivity contribution in [3.05, 3.63) is 0 Å². The van der Waals surface area contributed by atoms with Crippen molar-refractivity contribution >= 4 is 0 Å². The van der Waals surface area contributed by atoms with E-state index >= 15 is 0 Å². The van der Waals surface area contributed by atoms with Gasteiger partial charge in [-0.15, -0.1) is 0 Å². The van der Waals surface area contributed by atoms with Gasteiger partial charge in [0.15, 0.2) is 5.79 Å². The number of aliphatic hydroxyl groups excluding tert-OH is 1. The van der Waals surface area contributed by atoms with Crippen molar-refractivity contribution in [2.45, 2.75) is 57.0 Å². The molecule has 0 aliphatic carbocycles. The Morgan fingerprint density at radius 2 is 1.94 bits per heavy atom. The van der Waals surface area contributed by atoms with Gasteiger partial charge in [0.2, 0.25) is 0 Å². The molecule has 94 valence electrons. The maximum atomic E-state index is 8.89. The van der Waals surface area contributed by atoms with Crippen LogP contribution in [-0.4, -0.2) is 42.9 Å². The maximum absolute atomic E-state index is 8.89. The molecule has 2 fully saturated rings. The molecule has 0 spiro atoms. The fraction of sp³-hybridized carbons (Fsp3) is 1.00. The quantitative estimate of drug-likeness (QED) is 0.673. The van der Waals surface area contributed by atoms with Crippen LogP contribution in [0.2, 0.25) is 0 Å². The molecule has 4 nitrogen and oxygen atoms in total. The second-order valence-corrected chi connectivity index (χ2v) is 4.65. The number of hydrogen-bond acceptors (Lipinski definition) is 4. The number of rotatable bonds is 7. The summed E-state index contributed by atoms with van der Waals surface area (Å²) in [5.41, 5.74) is 0. The van der Waals surface area contributed by atoms with Crippen molar-refractivity contribution in [1.82, 2.24) is 0 Å². The average molecular weight is 230 g/mol. The smallest absolute Gasteiger partial charge is 0.168 e. The molecule has 0 aromatic carbocycles. The Morgan fingerprint density at radius 3 is 2.50 bits per heavy atom. The van der Waals surface area contributed by atoms with E-state index in [0.717, 1.165) is 32.1 Å². The first-order valence-electron chi connectivity index (χ1n) is 6.34. The van der Waals surface area contributed by atoms with Crippen molar-refractivity contribution in [1.29, 1.82) is 0 Å². The highest BCUT2D eigenvalue weighted by molar-refractivity contribution is 4.87. The Hall–Kier alpha value is -0.160. The predicted molar refractivity (Wildman–Crippen MR) is 59.1 cm³/mol. The highest BCUT2D eigenvalue weighted by Gasteiger charge is 2.42. The molecule has 0 aromatic heterocycles. The van der Waals surface area contributed by atoms with Gasteiger partial charge >= 0.3 is 0 Å². The first-order chi connectivity index (χ1) is 7.79. The molecular formula is C12H22O4. The molecule has 0 radical (unpaired) electrons. The molecule has 4 heteroatoms. The number of hydrogen-bond donors (Lipinski definition) is 1. The second kappa shape index (κ2) is 5.45. The summed E-state index contributed by atoms with van der Waals surface area (Å²) < 4.78 is 16.8. The number of unbranched alkanes of at least 4 members (excludes halogenated alkanes) is 1. The van der Waals surface area contributed by atoms with Crippen LogP contribution in [-0.2, 0) is 14.2 Å². The molecular weight excluding hydrogens is 208 g/mol. The normalized spacial score (nSPS) is 31.9. The zero-order valence-electron chi connectivity index (χ0n) is 9.98. The first-order valence-corrected chi connectivity index (χ1v) is 6.34. The Kier molecular flexibility index (Phi) is 4.19. The third-order valence-electron chi connectivity index (χ3n) is 3.40. The molecule has 0 aromatic rings. The highest BCUT2D eigenvalue weighted by Crippen LogP contribution is 2.35. The van der Waals surface area contributed by atoms with Crippen LogP contribution in [0.5, 0.6) is 0 Å². The standard InChI is InChI=1S/C12H22O4/c1-2-3-5-12(14-7-8-15-12)6-4-10-11(9-13)16-10/h10-11,13H,2-9H2,1H3/t10-,11-/m1/s1. The van der Waals surface area contributed by atoms with E-state index in [-0.39, 0.29) is 24.6 Å². The van der Waals surface area contributed by atoms with Crippen LogP contribution in [0.25, 0.3) is 0 Å². The summed E-state index contributed by atoms with van der Waals surface area (Å²) in [4.78, 5) is 0. The minimum Gasteiger partial charge on any atom is -0.394 e. The third-order valence-corrected chi connectivity index (χ3v) is 3.40. The third kappa shape index (κ3) is 2.94. The summed E-state index contributed by atoms with van der Waals surface area (Å²) in [6.07, 6.45) is 5.35. The molecule has 2 aliphatic rings. The summed E-state index contributed by atoms with van der Waals surface area (Å²) in [6, 6.07) is 0. The van der Waals surface area contributed by atoms with Crippen LogP contribution in [0.15, 0.2) is 0 Å². The summed E-state index contributed by atoms with van der Waals surface area (Å²) in [7, 11) is 0. The maximum Gasteiger partial charge on any atom is 0.168 e. The van der Waals surface area contributed by atoms with Crippen LogP contribution in [0, 0.1) is 0 Å². The molecule has 0 bridgehead atoms. The van der Waals surface area contributed by atoms with Gasteiger partial charge in [-0.25, -0.2) is 0 Å². The van der Waals surface area contributed by atoms with Crippen molar-refractivity contribution in [3.8, 4) is 0 Å². The lowest BCUT2D eigenvalue weighted by Gasteiger charge is -2.27. The summed E-state index contributed by atoms with van der Waals surface area (Å²) in [5, 5.41) is 8.89. The van der Waals surface area contributed by atoms with E-state index in [4.69, 9.17) is 19.3 Å². The second-order valence-electron chi connectivity index (χ2n) is 4.65. The van der Waals surface area contributed by atoms with Gasteiger partial charge in [0.05, 0.1) is 25.9 Å². The summed E-state index contributed by atoms with van der Waals surface area (Å²) in [6.45, 7) is 3.72. The molecule has 0 saturated carbocycles. The zero-order valence-corrected chi connectivity index (χ0v) is 9.98. The van der Waals surface area contributed by atoms with Gasteiger partial charge in [-0.05, 0) is 12.8 Å². The van der Waals surface area contributed by atoms with Crippen LogP contribution < -0.4 is 0 Å². The van der Waals surface area contributed by atoms with Crippen LogP contribution in [0.1, 0.15) is 39.0 Å².